The molecular weight excluding hydrogens is 243 g/mol. The number of methoxy groups -OCH3 is 1. The van der Waals surface area contributed by atoms with Gasteiger partial charge in [-0.15, -0.1) is 0 Å². The van der Waals surface area contributed by atoms with Gasteiger partial charge in [-0.2, -0.15) is 0 Å². The van der Waals surface area contributed by atoms with Crippen LogP contribution in [0.4, 0.5) is 4.39 Å². The van der Waals surface area contributed by atoms with Gasteiger partial charge in [0, 0.05) is 6.42 Å². The highest BCUT2D eigenvalue weighted by Crippen LogP contribution is 2.24. The first-order valence-corrected chi connectivity index (χ1v) is 6.17. The molecular formula is C16H17FO2. The SMILES string of the molecule is COc1cccc(C(O)Cc2cc(F)ccc2C)c1. The van der Waals surface area contributed by atoms with Gasteiger partial charge in [0.2, 0.25) is 0 Å². The Balaban J connectivity index is 2.20. The Morgan fingerprint density at radius 1 is 1.21 bits per heavy atom. The van der Waals surface area contributed by atoms with E-state index in [0.29, 0.717) is 12.2 Å². The van der Waals surface area contributed by atoms with E-state index >= 15 is 0 Å². The summed E-state index contributed by atoms with van der Waals surface area (Å²) in [5, 5.41) is 10.2. The lowest BCUT2D eigenvalue weighted by Crippen LogP contribution is -2.04. The van der Waals surface area contributed by atoms with Gasteiger partial charge in [0.15, 0.2) is 0 Å². The van der Waals surface area contributed by atoms with Gasteiger partial charge in [0.1, 0.15) is 11.6 Å². The number of aliphatic hydroxyl groups is 1. The molecule has 0 aromatic heterocycles. The summed E-state index contributed by atoms with van der Waals surface area (Å²) in [6.45, 7) is 1.91. The largest absolute Gasteiger partial charge is 0.497 e. The lowest BCUT2D eigenvalue weighted by molar-refractivity contribution is 0.177. The van der Waals surface area contributed by atoms with Crippen molar-refractivity contribution in [2.75, 3.05) is 7.11 Å². The third-order valence-electron chi connectivity index (χ3n) is 3.20. The smallest absolute Gasteiger partial charge is 0.123 e. The van der Waals surface area contributed by atoms with Crippen LogP contribution in [0, 0.1) is 12.7 Å². The zero-order chi connectivity index (χ0) is 13.8. The van der Waals surface area contributed by atoms with Crippen molar-refractivity contribution in [2.24, 2.45) is 0 Å². The number of ether oxygens (including phenoxy) is 1. The lowest BCUT2D eigenvalue weighted by atomic mass is 9.98. The summed E-state index contributed by atoms with van der Waals surface area (Å²) < 4.78 is 18.3. The molecule has 0 aliphatic carbocycles. The first kappa shape index (κ1) is 13.6. The number of rotatable bonds is 4. The van der Waals surface area contributed by atoms with Crippen LogP contribution in [-0.4, -0.2) is 12.2 Å². The van der Waals surface area contributed by atoms with Crippen LogP contribution < -0.4 is 4.74 Å². The van der Waals surface area contributed by atoms with Crippen molar-refractivity contribution in [3.63, 3.8) is 0 Å². The zero-order valence-electron chi connectivity index (χ0n) is 11.1. The Morgan fingerprint density at radius 2 is 2.00 bits per heavy atom. The molecule has 19 heavy (non-hydrogen) atoms. The molecule has 2 aromatic carbocycles. The Kier molecular flexibility index (Phi) is 4.17. The molecule has 0 saturated carbocycles. The monoisotopic (exact) mass is 260 g/mol. The van der Waals surface area contributed by atoms with Crippen LogP contribution in [-0.2, 0) is 6.42 Å². The molecule has 1 atom stereocenters. The Hall–Kier alpha value is -1.87. The molecule has 0 radical (unpaired) electrons. The van der Waals surface area contributed by atoms with Gasteiger partial charge in [0.05, 0.1) is 13.2 Å². The summed E-state index contributed by atoms with van der Waals surface area (Å²) >= 11 is 0. The van der Waals surface area contributed by atoms with Gasteiger partial charge in [0.25, 0.3) is 0 Å². The average molecular weight is 260 g/mol. The van der Waals surface area contributed by atoms with Crippen LogP contribution in [0.15, 0.2) is 42.5 Å². The molecule has 3 heteroatoms. The van der Waals surface area contributed by atoms with Crippen molar-refractivity contribution in [1.82, 2.24) is 0 Å². The van der Waals surface area contributed by atoms with Gasteiger partial charge in [-0.1, -0.05) is 18.2 Å². The van der Waals surface area contributed by atoms with Crippen LogP contribution in [0.2, 0.25) is 0 Å². The number of hydrogen-bond acceptors (Lipinski definition) is 2. The standard InChI is InChI=1S/C16H17FO2/c1-11-6-7-14(17)8-13(11)10-16(18)12-4-3-5-15(9-12)19-2/h3-9,16,18H,10H2,1-2H3. The minimum Gasteiger partial charge on any atom is -0.497 e. The number of hydrogen-bond donors (Lipinski definition) is 1. The summed E-state index contributed by atoms with van der Waals surface area (Å²) in [6, 6.07) is 11.9. The Bertz CT molecular complexity index is 566. The molecule has 2 aromatic rings. The molecule has 0 fully saturated rings. The summed E-state index contributed by atoms with van der Waals surface area (Å²) in [5.74, 6) is 0.422. The van der Waals surface area contributed by atoms with Gasteiger partial charge >= 0.3 is 0 Å². The summed E-state index contributed by atoms with van der Waals surface area (Å²) in [4.78, 5) is 0. The van der Waals surface area contributed by atoms with Crippen LogP contribution in [0.3, 0.4) is 0 Å². The van der Waals surface area contributed by atoms with Crippen LogP contribution in [0.5, 0.6) is 5.75 Å². The van der Waals surface area contributed by atoms with Gasteiger partial charge in [-0.05, 0) is 47.9 Å². The van der Waals surface area contributed by atoms with Crippen LogP contribution in [0.1, 0.15) is 22.8 Å². The fraction of sp³-hybridized carbons (Fsp3) is 0.250. The highest BCUT2D eigenvalue weighted by molar-refractivity contribution is 5.32. The third-order valence-corrected chi connectivity index (χ3v) is 3.20. The first-order valence-electron chi connectivity index (χ1n) is 6.17. The molecule has 0 amide bonds. The predicted octanol–water partition coefficient (Wildman–Crippen LogP) is 3.42. The third kappa shape index (κ3) is 3.32. The van der Waals surface area contributed by atoms with E-state index in [1.165, 1.54) is 12.1 Å². The van der Waals surface area contributed by atoms with Crippen molar-refractivity contribution in [2.45, 2.75) is 19.4 Å². The highest BCUT2D eigenvalue weighted by Gasteiger charge is 2.11. The Morgan fingerprint density at radius 3 is 2.74 bits per heavy atom. The van der Waals surface area contributed by atoms with Crippen molar-refractivity contribution < 1.29 is 14.2 Å². The molecule has 0 bridgehead atoms. The van der Waals surface area contributed by atoms with E-state index in [4.69, 9.17) is 4.74 Å². The lowest BCUT2D eigenvalue weighted by Gasteiger charge is -2.14. The van der Waals surface area contributed by atoms with Crippen molar-refractivity contribution in [1.29, 1.82) is 0 Å². The van der Waals surface area contributed by atoms with Crippen LogP contribution >= 0.6 is 0 Å². The molecule has 0 spiro atoms. The van der Waals surface area contributed by atoms with E-state index in [0.717, 1.165) is 16.7 Å². The van der Waals surface area contributed by atoms with Gasteiger partial charge in [-0.3, -0.25) is 0 Å². The molecule has 100 valence electrons. The normalized spacial score (nSPS) is 12.2. The summed E-state index contributed by atoms with van der Waals surface area (Å²) in [6.07, 6.45) is -0.285. The number of aliphatic hydroxyl groups excluding tert-OH is 1. The Labute approximate surface area is 112 Å². The topological polar surface area (TPSA) is 29.5 Å². The number of benzene rings is 2. The fourth-order valence-corrected chi connectivity index (χ4v) is 2.03. The van der Waals surface area contributed by atoms with E-state index in [2.05, 4.69) is 0 Å². The average Bonchev–Trinajstić information content (AvgIpc) is 2.43. The maximum atomic E-state index is 13.2. The highest BCUT2D eigenvalue weighted by atomic mass is 19.1. The summed E-state index contributed by atoms with van der Waals surface area (Å²) in [7, 11) is 1.59. The molecule has 1 unspecified atom stereocenters. The van der Waals surface area contributed by atoms with E-state index in [1.54, 1.807) is 19.2 Å². The number of halogens is 1. The van der Waals surface area contributed by atoms with E-state index in [1.807, 2.05) is 25.1 Å². The predicted molar refractivity (Wildman–Crippen MR) is 72.8 cm³/mol. The van der Waals surface area contributed by atoms with Crippen molar-refractivity contribution in [3.8, 4) is 5.75 Å². The van der Waals surface area contributed by atoms with E-state index in [-0.39, 0.29) is 5.82 Å². The van der Waals surface area contributed by atoms with Gasteiger partial charge < -0.3 is 9.84 Å². The van der Waals surface area contributed by atoms with E-state index in [9.17, 15) is 9.50 Å². The minimum atomic E-state index is -0.671. The van der Waals surface area contributed by atoms with Crippen LogP contribution in [0.25, 0.3) is 0 Å². The minimum absolute atomic E-state index is 0.279. The molecule has 2 rings (SSSR count). The number of aryl methyl sites for hydroxylation is 1. The molecule has 0 heterocycles. The van der Waals surface area contributed by atoms with E-state index < -0.39 is 6.10 Å². The maximum absolute atomic E-state index is 13.2. The zero-order valence-corrected chi connectivity index (χ0v) is 11.1. The molecule has 0 saturated heterocycles. The second-order valence-electron chi connectivity index (χ2n) is 4.57. The fourth-order valence-electron chi connectivity index (χ4n) is 2.03. The second kappa shape index (κ2) is 5.85. The quantitative estimate of drug-likeness (QED) is 0.912. The molecule has 0 aliphatic heterocycles. The van der Waals surface area contributed by atoms with Gasteiger partial charge in [-0.25, -0.2) is 4.39 Å². The molecule has 0 aliphatic rings. The summed E-state index contributed by atoms with van der Waals surface area (Å²) in [5.41, 5.74) is 2.56. The second-order valence-corrected chi connectivity index (χ2v) is 4.57. The van der Waals surface area contributed by atoms with Crippen molar-refractivity contribution in [3.05, 3.63) is 65.0 Å². The maximum Gasteiger partial charge on any atom is 0.123 e. The molecule has 1 N–H and O–H groups in total. The molecule has 2 nitrogen and oxygen atoms in total. The first-order chi connectivity index (χ1) is 9.10. The van der Waals surface area contributed by atoms with Crippen molar-refractivity contribution >= 4 is 0 Å².